The summed E-state index contributed by atoms with van der Waals surface area (Å²) < 4.78 is 59.5. The summed E-state index contributed by atoms with van der Waals surface area (Å²) in [5, 5.41) is 12.0. The van der Waals surface area contributed by atoms with Crippen molar-refractivity contribution in [1.29, 1.82) is 0 Å². The molecule has 0 aromatic carbocycles. The average molecular weight is 363 g/mol. The minimum Gasteiger partial charge on any atom is -0.394 e. The standard InChI is InChI=1S/C14H17F4N5O2/c1-25-8(5-24)4-9(15)23-6-19-10-11(20-7-2-3-7)21-13(14(16,17)18)22-12(10)23/h6-9,24H,2-5H2,1H3,(H,20,21,22). The molecule has 0 saturated heterocycles. The zero-order valence-corrected chi connectivity index (χ0v) is 13.3. The van der Waals surface area contributed by atoms with Crippen molar-refractivity contribution in [3.05, 3.63) is 12.2 Å². The number of anilines is 1. The number of hydrogen-bond acceptors (Lipinski definition) is 6. The average Bonchev–Trinajstić information content (AvgIpc) is 3.26. The van der Waals surface area contributed by atoms with Crippen LogP contribution in [0, 0.1) is 0 Å². The lowest BCUT2D eigenvalue weighted by Gasteiger charge is -2.17. The Bertz CT molecular complexity index is 743. The largest absolute Gasteiger partial charge is 0.451 e. The van der Waals surface area contributed by atoms with Crippen molar-refractivity contribution in [2.24, 2.45) is 0 Å². The summed E-state index contributed by atoms with van der Waals surface area (Å²) in [7, 11) is 1.31. The Hall–Kier alpha value is -2.01. The van der Waals surface area contributed by atoms with Gasteiger partial charge in [-0.1, -0.05) is 0 Å². The van der Waals surface area contributed by atoms with E-state index in [2.05, 4.69) is 20.3 Å². The van der Waals surface area contributed by atoms with Gasteiger partial charge in [-0.3, -0.25) is 4.57 Å². The van der Waals surface area contributed by atoms with Crippen LogP contribution in [0.15, 0.2) is 6.33 Å². The van der Waals surface area contributed by atoms with E-state index in [1.165, 1.54) is 7.11 Å². The van der Waals surface area contributed by atoms with Crippen molar-refractivity contribution in [1.82, 2.24) is 19.5 Å². The Kier molecular flexibility index (Phi) is 4.78. The molecule has 0 spiro atoms. The molecule has 1 saturated carbocycles. The van der Waals surface area contributed by atoms with Gasteiger partial charge in [0.25, 0.3) is 0 Å². The first-order chi connectivity index (χ1) is 11.8. The van der Waals surface area contributed by atoms with Crippen LogP contribution in [0.4, 0.5) is 23.4 Å². The maximum atomic E-state index is 14.5. The first-order valence-corrected chi connectivity index (χ1v) is 7.69. The van der Waals surface area contributed by atoms with E-state index in [1.54, 1.807) is 0 Å². The van der Waals surface area contributed by atoms with E-state index >= 15 is 0 Å². The fraction of sp³-hybridized carbons (Fsp3) is 0.643. The predicted molar refractivity (Wildman–Crippen MR) is 79.6 cm³/mol. The van der Waals surface area contributed by atoms with E-state index in [0.717, 1.165) is 23.7 Å². The second-order valence-electron chi connectivity index (χ2n) is 5.85. The second kappa shape index (κ2) is 6.71. The van der Waals surface area contributed by atoms with Crippen LogP contribution in [0.1, 0.15) is 31.4 Å². The normalized spacial score (nSPS) is 17.7. The Morgan fingerprint density at radius 1 is 1.40 bits per heavy atom. The monoisotopic (exact) mass is 363 g/mol. The van der Waals surface area contributed by atoms with Gasteiger partial charge in [0, 0.05) is 19.6 Å². The molecule has 3 rings (SSSR count). The van der Waals surface area contributed by atoms with Crippen LogP contribution in [0.2, 0.25) is 0 Å². The molecule has 7 nitrogen and oxygen atoms in total. The Morgan fingerprint density at radius 2 is 2.12 bits per heavy atom. The first-order valence-electron chi connectivity index (χ1n) is 7.69. The molecule has 25 heavy (non-hydrogen) atoms. The fourth-order valence-electron chi connectivity index (χ4n) is 2.35. The van der Waals surface area contributed by atoms with Gasteiger partial charge < -0.3 is 15.2 Å². The van der Waals surface area contributed by atoms with Crippen molar-refractivity contribution in [3.63, 3.8) is 0 Å². The number of halogens is 4. The van der Waals surface area contributed by atoms with Crippen LogP contribution in [-0.4, -0.2) is 50.5 Å². The Morgan fingerprint density at radius 3 is 2.68 bits per heavy atom. The molecular weight excluding hydrogens is 346 g/mol. The summed E-state index contributed by atoms with van der Waals surface area (Å²) in [6, 6.07) is 0.0396. The molecule has 2 N–H and O–H groups in total. The topological polar surface area (TPSA) is 85.1 Å². The van der Waals surface area contributed by atoms with E-state index in [0.29, 0.717) is 0 Å². The van der Waals surface area contributed by atoms with Crippen molar-refractivity contribution >= 4 is 17.0 Å². The smallest absolute Gasteiger partial charge is 0.394 e. The van der Waals surface area contributed by atoms with Gasteiger partial charge in [-0.2, -0.15) is 13.2 Å². The van der Waals surface area contributed by atoms with Crippen molar-refractivity contribution in [2.75, 3.05) is 19.0 Å². The zero-order chi connectivity index (χ0) is 18.2. The van der Waals surface area contributed by atoms with Gasteiger partial charge in [0.2, 0.25) is 5.82 Å². The Balaban J connectivity index is 2.02. The predicted octanol–water partition coefficient (Wildman–Crippen LogP) is 2.28. The lowest BCUT2D eigenvalue weighted by atomic mass is 10.2. The summed E-state index contributed by atoms with van der Waals surface area (Å²) >= 11 is 0. The number of ether oxygens (including phenoxy) is 1. The Labute approximate surface area is 140 Å². The van der Waals surface area contributed by atoms with Gasteiger partial charge in [-0.15, -0.1) is 0 Å². The second-order valence-corrected chi connectivity index (χ2v) is 5.85. The first kappa shape index (κ1) is 17.8. The number of methoxy groups -OCH3 is 1. The van der Waals surface area contributed by atoms with Crippen LogP contribution in [0.5, 0.6) is 0 Å². The van der Waals surface area contributed by atoms with E-state index in [1.807, 2.05) is 0 Å². The van der Waals surface area contributed by atoms with E-state index < -0.39 is 31.0 Å². The van der Waals surface area contributed by atoms with E-state index in [-0.39, 0.29) is 29.4 Å². The van der Waals surface area contributed by atoms with E-state index in [4.69, 9.17) is 9.84 Å². The molecule has 1 fully saturated rings. The number of hydrogen-bond donors (Lipinski definition) is 2. The minimum absolute atomic E-state index is 0.0396. The van der Waals surface area contributed by atoms with Crippen molar-refractivity contribution in [3.8, 4) is 0 Å². The SMILES string of the molecule is COC(CO)CC(F)n1cnc2c(NC3CC3)nc(C(F)(F)F)nc21. The van der Waals surface area contributed by atoms with Gasteiger partial charge in [0.1, 0.15) is 0 Å². The zero-order valence-electron chi connectivity index (χ0n) is 13.3. The molecule has 2 unspecified atom stereocenters. The molecule has 1 aliphatic carbocycles. The van der Waals surface area contributed by atoms with Gasteiger partial charge in [0.05, 0.1) is 19.0 Å². The molecule has 2 aromatic rings. The highest BCUT2D eigenvalue weighted by molar-refractivity contribution is 5.83. The third-order valence-corrected chi connectivity index (χ3v) is 3.89. The van der Waals surface area contributed by atoms with Gasteiger partial charge >= 0.3 is 6.18 Å². The summed E-state index contributed by atoms with van der Waals surface area (Å²) in [6.45, 7) is -0.416. The number of alkyl halides is 4. The number of fused-ring (bicyclic) bond motifs is 1. The van der Waals surface area contributed by atoms with Crippen LogP contribution < -0.4 is 5.32 Å². The highest BCUT2D eigenvalue weighted by Gasteiger charge is 2.37. The van der Waals surface area contributed by atoms with Gasteiger partial charge in [-0.25, -0.2) is 19.3 Å². The van der Waals surface area contributed by atoms with Crippen molar-refractivity contribution < 1.29 is 27.4 Å². The van der Waals surface area contributed by atoms with Crippen molar-refractivity contribution in [2.45, 2.75) is 43.9 Å². The molecule has 2 atom stereocenters. The number of rotatable bonds is 7. The number of aromatic nitrogens is 4. The third kappa shape index (κ3) is 3.82. The highest BCUT2D eigenvalue weighted by Crippen LogP contribution is 2.33. The summed E-state index contributed by atoms with van der Waals surface area (Å²) in [5.41, 5.74) is -0.189. The van der Waals surface area contributed by atoms with Crippen LogP contribution in [-0.2, 0) is 10.9 Å². The number of aliphatic hydroxyl groups excluding tert-OH is 1. The lowest BCUT2D eigenvalue weighted by Crippen LogP contribution is -2.20. The number of nitrogens with zero attached hydrogens (tertiary/aromatic N) is 4. The maximum Gasteiger partial charge on any atom is 0.451 e. The van der Waals surface area contributed by atoms with Crippen LogP contribution >= 0.6 is 0 Å². The van der Waals surface area contributed by atoms with Gasteiger partial charge in [0.15, 0.2) is 23.3 Å². The maximum absolute atomic E-state index is 14.5. The molecule has 0 bridgehead atoms. The minimum atomic E-state index is -4.77. The molecule has 138 valence electrons. The summed E-state index contributed by atoms with van der Waals surface area (Å²) in [4.78, 5) is 10.9. The van der Waals surface area contributed by atoms with Crippen LogP contribution in [0.3, 0.4) is 0 Å². The molecule has 2 aromatic heterocycles. The molecule has 2 heterocycles. The summed E-state index contributed by atoms with van der Waals surface area (Å²) in [6.07, 6.45) is -4.85. The quantitative estimate of drug-likeness (QED) is 0.735. The third-order valence-electron chi connectivity index (χ3n) is 3.89. The molecule has 0 aliphatic heterocycles. The highest BCUT2D eigenvalue weighted by atomic mass is 19.4. The molecule has 0 radical (unpaired) electrons. The molecular formula is C14H17F4N5O2. The number of nitrogens with one attached hydrogen (secondary N) is 1. The number of imidazole rings is 1. The molecule has 11 heteroatoms. The van der Waals surface area contributed by atoms with Gasteiger partial charge in [-0.05, 0) is 12.8 Å². The van der Waals surface area contributed by atoms with Crippen LogP contribution in [0.25, 0.3) is 11.2 Å². The molecule has 1 aliphatic rings. The molecule has 0 amide bonds. The number of aliphatic hydroxyl groups is 1. The lowest BCUT2D eigenvalue weighted by molar-refractivity contribution is -0.144. The van der Waals surface area contributed by atoms with E-state index in [9.17, 15) is 17.6 Å². The summed E-state index contributed by atoms with van der Waals surface area (Å²) in [5.74, 6) is -1.42. The fourth-order valence-corrected chi connectivity index (χ4v) is 2.35.